The van der Waals surface area contributed by atoms with Crippen LogP contribution in [0.3, 0.4) is 0 Å². The van der Waals surface area contributed by atoms with Crippen LogP contribution in [0, 0.1) is 0 Å². The van der Waals surface area contributed by atoms with Gasteiger partial charge in [0.05, 0.1) is 6.04 Å². The van der Waals surface area contributed by atoms with Gasteiger partial charge in [-0.3, -0.25) is 14.4 Å². The first-order valence-corrected chi connectivity index (χ1v) is 8.57. The maximum Gasteiger partial charge on any atom is 0.267 e. The van der Waals surface area contributed by atoms with Gasteiger partial charge < -0.3 is 10.2 Å². The fourth-order valence-electron chi connectivity index (χ4n) is 2.95. The van der Waals surface area contributed by atoms with Gasteiger partial charge in [-0.05, 0) is 24.1 Å². The van der Waals surface area contributed by atoms with Crippen LogP contribution in [0.25, 0.3) is 0 Å². The lowest BCUT2D eigenvalue weighted by Crippen LogP contribution is -2.43. The van der Waals surface area contributed by atoms with Crippen molar-refractivity contribution < 1.29 is 14.4 Å². The molecule has 1 aromatic rings. The van der Waals surface area contributed by atoms with E-state index in [2.05, 4.69) is 15.8 Å². The van der Waals surface area contributed by atoms with Crippen molar-refractivity contribution in [1.82, 2.24) is 15.6 Å². The Bertz CT molecular complexity index is 734. The Hall–Kier alpha value is -2.41. The third-order valence-corrected chi connectivity index (χ3v) is 4.51. The highest BCUT2D eigenvalue weighted by atomic mass is 35.5. The summed E-state index contributed by atoms with van der Waals surface area (Å²) in [5.74, 6) is -0.500. The third kappa shape index (κ3) is 4.57. The van der Waals surface area contributed by atoms with Crippen LogP contribution in [0.5, 0.6) is 0 Å². The molecular formula is C17H19ClN4O3. The lowest BCUT2D eigenvalue weighted by molar-refractivity contribution is -0.127. The van der Waals surface area contributed by atoms with Gasteiger partial charge in [-0.15, -0.1) is 0 Å². The highest BCUT2D eigenvalue weighted by Crippen LogP contribution is 2.15. The Labute approximate surface area is 150 Å². The van der Waals surface area contributed by atoms with E-state index in [1.165, 1.54) is 0 Å². The molecule has 2 N–H and O–H groups in total. The number of carbonyl (C=O) groups is 3. The van der Waals surface area contributed by atoms with Gasteiger partial charge in [0.2, 0.25) is 11.8 Å². The van der Waals surface area contributed by atoms with Gasteiger partial charge in [-0.1, -0.05) is 23.7 Å². The lowest BCUT2D eigenvalue weighted by Gasteiger charge is -2.18. The topological polar surface area (TPSA) is 90.9 Å². The van der Waals surface area contributed by atoms with Crippen LogP contribution in [0.1, 0.15) is 24.8 Å². The average molecular weight is 363 g/mol. The molecule has 0 radical (unpaired) electrons. The smallest absolute Gasteiger partial charge is 0.267 e. The summed E-state index contributed by atoms with van der Waals surface area (Å²) in [6.45, 7) is 1.06. The maximum absolute atomic E-state index is 12.2. The summed E-state index contributed by atoms with van der Waals surface area (Å²) >= 11 is 5.97. The van der Waals surface area contributed by atoms with Crippen molar-refractivity contribution in [2.75, 3.05) is 13.1 Å². The summed E-state index contributed by atoms with van der Waals surface area (Å²) in [6.07, 6.45) is 1.56. The zero-order valence-corrected chi connectivity index (χ0v) is 14.4. The number of hydrogen-bond donors (Lipinski definition) is 2. The standard InChI is InChI=1S/C17H19ClN4O3/c18-12-3-1-2-11(8-12)6-7-22-10-13(9-16(22)24)19-17(25)14-4-5-15(23)21-20-14/h1-3,8,13H,4-7,9-10H2,(H,19,25)(H,21,23)/t13-/m0/s1. The molecule has 0 spiro atoms. The second-order valence-electron chi connectivity index (χ2n) is 6.19. The Kier molecular flexibility index (Phi) is 5.33. The summed E-state index contributed by atoms with van der Waals surface area (Å²) in [5.41, 5.74) is 3.66. The Morgan fingerprint density at radius 1 is 1.36 bits per heavy atom. The minimum Gasteiger partial charge on any atom is -0.346 e. The molecule has 1 aromatic carbocycles. The zero-order chi connectivity index (χ0) is 17.8. The number of nitrogens with zero attached hydrogens (tertiary/aromatic N) is 2. The van der Waals surface area contributed by atoms with E-state index in [9.17, 15) is 14.4 Å². The predicted molar refractivity (Wildman–Crippen MR) is 93.1 cm³/mol. The molecule has 1 atom stereocenters. The van der Waals surface area contributed by atoms with Crippen LogP contribution in [0.4, 0.5) is 0 Å². The number of amides is 3. The SMILES string of the molecule is O=C1CCC(C(=O)N[C@H]2CC(=O)N(CCc3cccc(Cl)c3)C2)=NN1. The average Bonchev–Trinajstić information content (AvgIpc) is 2.93. The molecular weight excluding hydrogens is 344 g/mol. The van der Waals surface area contributed by atoms with E-state index in [4.69, 9.17) is 11.6 Å². The summed E-state index contributed by atoms with van der Waals surface area (Å²) < 4.78 is 0. The molecule has 8 heteroatoms. The van der Waals surface area contributed by atoms with Crippen molar-refractivity contribution in [3.8, 4) is 0 Å². The van der Waals surface area contributed by atoms with E-state index in [-0.39, 0.29) is 36.6 Å². The van der Waals surface area contributed by atoms with Crippen LogP contribution < -0.4 is 10.7 Å². The highest BCUT2D eigenvalue weighted by molar-refractivity contribution is 6.39. The molecule has 7 nitrogen and oxygen atoms in total. The Morgan fingerprint density at radius 2 is 2.20 bits per heavy atom. The Balaban J connectivity index is 1.50. The predicted octanol–water partition coefficient (Wildman–Crippen LogP) is 0.866. The molecule has 0 bridgehead atoms. The van der Waals surface area contributed by atoms with E-state index < -0.39 is 0 Å². The van der Waals surface area contributed by atoms with Crippen molar-refractivity contribution >= 4 is 35.0 Å². The first-order chi connectivity index (χ1) is 12.0. The number of halogens is 1. The number of rotatable bonds is 5. The summed E-state index contributed by atoms with van der Waals surface area (Å²) in [4.78, 5) is 37.1. The van der Waals surface area contributed by atoms with Crippen LogP contribution in [-0.2, 0) is 20.8 Å². The van der Waals surface area contributed by atoms with Gasteiger partial charge in [0, 0.05) is 37.4 Å². The molecule has 2 aliphatic heterocycles. The fraction of sp³-hybridized carbons (Fsp3) is 0.412. The first-order valence-electron chi connectivity index (χ1n) is 8.20. The molecule has 1 saturated heterocycles. The molecule has 0 aliphatic carbocycles. The molecule has 3 rings (SSSR count). The van der Waals surface area contributed by atoms with Crippen molar-refractivity contribution in [2.45, 2.75) is 31.7 Å². The number of nitrogens with one attached hydrogen (secondary N) is 2. The maximum atomic E-state index is 12.2. The highest BCUT2D eigenvalue weighted by Gasteiger charge is 2.31. The monoisotopic (exact) mass is 362 g/mol. The van der Waals surface area contributed by atoms with Gasteiger partial charge in [0.1, 0.15) is 5.71 Å². The number of likely N-dealkylation sites (tertiary alicyclic amines) is 1. The molecule has 2 aliphatic rings. The van der Waals surface area contributed by atoms with E-state index >= 15 is 0 Å². The molecule has 0 saturated carbocycles. The van der Waals surface area contributed by atoms with Crippen molar-refractivity contribution in [3.05, 3.63) is 34.9 Å². The minimum absolute atomic E-state index is 0.0196. The van der Waals surface area contributed by atoms with Crippen LogP contribution >= 0.6 is 11.6 Å². The molecule has 0 unspecified atom stereocenters. The summed E-state index contributed by atoms with van der Waals surface area (Å²) in [5, 5.41) is 7.27. The Morgan fingerprint density at radius 3 is 2.92 bits per heavy atom. The number of hydrazone groups is 1. The van der Waals surface area contributed by atoms with Gasteiger partial charge in [-0.2, -0.15) is 5.10 Å². The van der Waals surface area contributed by atoms with Crippen molar-refractivity contribution in [3.63, 3.8) is 0 Å². The zero-order valence-electron chi connectivity index (χ0n) is 13.6. The first kappa shape index (κ1) is 17.4. The molecule has 3 amide bonds. The second-order valence-corrected chi connectivity index (χ2v) is 6.62. The van der Waals surface area contributed by atoms with Crippen LogP contribution in [0.15, 0.2) is 29.4 Å². The normalized spacial score (nSPS) is 20.3. The number of carbonyl (C=O) groups excluding carboxylic acids is 3. The van der Waals surface area contributed by atoms with Crippen LogP contribution in [0.2, 0.25) is 5.02 Å². The lowest BCUT2D eigenvalue weighted by atomic mass is 10.1. The van der Waals surface area contributed by atoms with Gasteiger partial charge in [0.25, 0.3) is 5.91 Å². The largest absolute Gasteiger partial charge is 0.346 e. The van der Waals surface area contributed by atoms with E-state index in [1.807, 2.05) is 24.3 Å². The van der Waals surface area contributed by atoms with Gasteiger partial charge in [-0.25, -0.2) is 5.43 Å². The van der Waals surface area contributed by atoms with E-state index in [1.54, 1.807) is 4.90 Å². The molecule has 0 aromatic heterocycles. The summed E-state index contributed by atoms with van der Waals surface area (Å²) in [6, 6.07) is 7.32. The molecule has 132 valence electrons. The quantitative estimate of drug-likeness (QED) is 0.814. The van der Waals surface area contributed by atoms with Gasteiger partial charge >= 0.3 is 0 Å². The summed E-state index contributed by atoms with van der Waals surface area (Å²) in [7, 11) is 0. The number of benzene rings is 1. The van der Waals surface area contributed by atoms with E-state index in [0.29, 0.717) is 36.7 Å². The molecule has 1 fully saturated rings. The fourth-order valence-corrected chi connectivity index (χ4v) is 3.16. The van der Waals surface area contributed by atoms with Gasteiger partial charge in [0.15, 0.2) is 0 Å². The van der Waals surface area contributed by atoms with Crippen LogP contribution in [-0.4, -0.2) is 47.5 Å². The minimum atomic E-state index is -0.325. The number of hydrogen-bond acceptors (Lipinski definition) is 4. The van der Waals surface area contributed by atoms with Crippen molar-refractivity contribution in [2.24, 2.45) is 5.10 Å². The second kappa shape index (κ2) is 7.65. The van der Waals surface area contributed by atoms with Crippen molar-refractivity contribution in [1.29, 1.82) is 0 Å². The molecule has 25 heavy (non-hydrogen) atoms. The third-order valence-electron chi connectivity index (χ3n) is 4.28. The van der Waals surface area contributed by atoms with E-state index in [0.717, 1.165) is 5.56 Å². The molecule has 2 heterocycles.